The van der Waals surface area contributed by atoms with Crippen LogP contribution in [-0.4, -0.2) is 30.6 Å². The second-order valence-corrected chi connectivity index (χ2v) is 3.28. The van der Waals surface area contributed by atoms with E-state index >= 15 is 0 Å². The van der Waals surface area contributed by atoms with Crippen molar-refractivity contribution < 1.29 is 40.3 Å². The summed E-state index contributed by atoms with van der Waals surface area (Å²) >= 11 is 0. The minimum absolute atomic E-state index is 0.251. The third-order valence-corrected chi connectivity index (χ3v) is 1.81. The first-order valence-corrected chi connectivity index (χ1v) is 4.54. The van der Waals surface area contributed by atoms with Crippen LogP contribution >= 0.6 is 0 Å². The normalized spacial score (nSPS) is 13.3. The monoisotopic (exact) mass is 282 g/mol. The molecule has 0 aromatic heterocycles. The summed E-state index contributed by atoms with van der Waals surface area (Å²) in [5, 5.41) is 0. The molecule has 0 aliphatic heterocycles. The van der Waals surface area contributed by atoms with Crippen LogP contribution in [0.25, 0.3) is 0 Å². The predicted octanol–water partition coefficient (Wildman–Crippen LogP) is 3.33. The third-order valence-electron chi connectivity index (χ3n) is 1.81. The summed E-state index contributed by atoms with van der Waals surface area (Å²) in [6.45, 7) is 3.75. The highest BCUT2D eigenvalue weighted by Crippen LogP contribution is 2.48. The van der Waals surface area contributed by atoms with Gasteiger partial charge in [-0.05, 0) is 6.92 Å². The van der Waals surface area contributed by atoms with Crippen molar-refractivity contribution in [3.05, 3.63) is 12.2 Å². The van der Waals surface area contributed by atoms with Gasteiger partial charge in [0.1, 0.15) is 0 Å². The van der Waals surface area contributed by atoms with Crippen molar-refractivity contribution in [3.8, 4) is 0 Å². The largest absolute Gasteiger partial charge is 0.463 e. The van der Waals surface area contributed by atoms with Gasteiger partial charge in [0.25, 0.3) is 0 Å². The average Bonchev–Trinajstić information content (AvgIpc) is 2.15. The Balaban J connectivity index is 4.97. The number of rotatable bonds is 5. The maximum atomic E-state index is 12.8. The topological polar surface area (TPSA) is 26.3 Å². The number of esters is 1. The number of alkyl halides is 7. The van der Waals surface area contributed by atoms with E-state index in [1.807, 2.05) is 0 Å². The highest BCUT2D eigenvalue weighted by molar-refractivity contribution is 5.87. The van der Waals surface area contributed by atoms with Crippen LogP contribution in [-0.2, 0) is 9.53 Å². The molecular formula is C9H9F7O2. The number of hydrogen-bond donors (Lipinski definition) is 0. The summed E-state index contributed by atoms with van der Waals surface area (Å²) in [6, 6.07) is 0. The van der Waals surface area contributed by atoms with Crippen LogP contribution in [0.2, 0.25) is 0 Å². The Morgan fingerprint density at radius 1 is 1.11 bits per heavy atom. The van der Waals surface area contributed by atoms with Crippen LogP contribution < -0.4 is 0 Å². The molecule has 0 bridgehead atoms. The van der Waals surface area contributed by atoms with Crippen LogP contribution in [0.15, 0.2) is 12.2 Å². The predicted molar refractivity (Wildman–Crippen MR) is 46.3 cm³/mol. The van der Waals surface area contributed by atoms with Gasteiger partial charge < -0.3 is 4.74 Å². The van der Waals surface area contributed by atoms with Gasteiger partial charge in [-0.25, -0.2) is 4.79 Å². The number of carbonyl (C=O) groups is 1. The van der Waals surface area contributed by atoms with Gasteiger partial charge in [-0.1, -0.05) is 6.58 Å². The van der Waals surface area contributed by atoms with Crippen LogP contribution in [0.5, 0.6) is 0 Å². The first-order chi connectivity index (χ1) is 7.87. The molecule has 0 aliphatic carbocycles. The molecule has 0 aliphatic rings. The van der Waals surface area contributed by atoms with Gasteiger partial charge >= 0.3 is 24.0 Å². The summed E-state index contributed by atoms with van der Waals surface area (Å²) in [4.78, 5) is 10.8. The quantitative estimate of drug-likeness (QED) is 0.439. The molecular weight excluding hydrogens is 273 g/mol. The zero-order valence-electron chi connectivity index (χ0n) is 9.08. The molecule has 0 N–H and O–H groups in total. The Morgan fingerprint density at radius 3 is 1.89 bits per heavy atom. The number of halogens is 7. The lowest BCUT2D eigenvalue weighted by Gasteiger charge is -2.28. The van der Waals surface area contributed by atoms with Gasteiger partial charge in [0.15, 0.2) is 0 Å². The second kappa shape index (κ2) is 5.15. The van der Waals surface area contributed by atoms with Gasteiger partial charge in [-0.3, -0.25) is 0 Å². The van der Waals surface area contributed by atoms with Crippen LogP contribution in [0, 0.1) is 0 Å². The molecule has 0 saturated heterocycles. The van der Waals surface area contributed by atoms with Gasteiger partial charge in [-0.2, -0.15) is 30.7 Å². The zero-order valence-corrected chi connectivity index (χ0v) is 9.08. The molecule has 0 aromatic rings. The lowest BCUT2D eigenvalue weighted by Crippen LogP contribution is -2.52. The molecule has 0 fully saturated rings. The molecule has 0 radical (unpaired) electrons. The molecule has 106 valence electrons. The maximum absolute atomic E-state index is 12.8. The molecule has 0 spiro atoms. The fourth-order valence-electron chi connectivity index (χ4n) is 0.892. The molecule has 0 amide bonds. The Hall–Kier alpha value is -1.28. The number of ether oxygens (including phenoxy) is 1. The lowest BCUT2D eigenvalue weighted by atomic mass is 10.0. The van der Waals surface area contributed by atoms with Crippen molar-refractivity contribution >= 4 is 5.97 Å². The Labute approximate surface area is 97.4 Å². The van der Waals surface area contributed by atoms with Crippen LogP contribution in [0.3, 0.4) is 0 Å². The Morgan fingerprint density at radius 2 is 1.56 bits per heavy atom. The van der Waals surface area contributed by atoms with Gasteiger partial charge in [0, 0.05) is 12.0 Å². The maximum Gasteiger partial charge on any atom is 0.459 e. The summed E-state index contributed by atoms with van der Waals surface area (Å²) in [7, 11) is 0. The molecule has 0 unspecified atom stereocenters. The molecule has 0 saturated carbocycles. The van der Waals surface area contributed by atoms with E-state index in [1.54, 1.807) is 0 Å². The van der Waals surface area contributed by atoms with E-state index in [-0.39, 0.29) is 6.61 Å². The third kappa shape index (κ3) is 3.36. The van der Waals surface area contributed by atoms with E-state index in [0.717, 1.165) is 0 Å². The zero-order chi connectivity index (χ0) is 14.8. The average molecular weight is 282 g/mol. The second-order valence-electron chi connectivity index (χ2n) is 3.28. The van der Waals surface area contributed by atoms with E-state index in [0.29, 0.717) is 0 Å². The Bertz CT molecular complexity index is 332. The molecule has 0 heterocycles. The molecule has 0 aromatic carbocycles. The van der Waals surface area contributed by atoms with Crippen molar-refractivity contribution in [2.45, 2.75) is 31.4 Å². The summed E-state index contributed by atoms with van der Waals surface area (Å²) in [5.41, 5.74) is -1.16. The van der Waals surface area contributed by atoms with Gasteiger partial charge in [0.2, 0.25) is 0 Å². The fraction of sp³-hybridized carbons (Fsp3) is 0.667. The van der Waals surface area contributed by atoms with Crippen molar-refractivity contribution in [2.75, 3.05) is 6.61 Å². The SMILES string of the molecule is C=C(CC(F)(F)C(F)(F)C(F)(F)F)C(=O)OCC. The van der Waals surface area contributed by atoms with Crippen molar-refractivity contribution in [1.82, 2.24) is 0 Å². The number of carbonyl (C=O) groups excluding carboxylic acids is 1. The van der Waals surface area contributed by atoms with Crippen LogP contribution in [0.4, 0.5) is 30.7 Å². The molecule has 0 atom stereocenters. The van der Waals surface area contributed by atoms with Gasteiger partial charge in [0.05, 0.1) is 6.61 Å². The summed E-state index contributed by atoms with van der Waals surface area (Å²) in [6.07, 6.45) is -8.57. The highest BCUT2D eigenvalue weighted by Gasteiger charge is 2.72. The first kappa shape index (κ1) is 16.7. The van der Waals surface area contributed by atoms with Crippen molar-refractivity contribution in [1.29, 1.82) is 0 Å². The highest BCUT2D eigenvalue weighted by atomic mass is 19.4. The molecule has 9 heteroatoms. The standard InChI is InChI=1S/C9H9F7O2/c1-3-18-6(17)5(2)4-7(10,11)8(12,13)9(14,15)16/h2-4H2,1H3. The molecule has 2 nitrogen and oxygen atoms in total. The van der Waals surface area contributed by atoms with E-state index in [9.17, 15) is 35.5 Å². The van der Waals surface area contributed by atoms with E-state index in [2.05, 4.69) is 11.3 Å². The lowest BCUT2D eigenvalue weighted by molar-refractivity contribution is -0.353. The Kier molecular flexibility index (Phi) is 4.78. The smallest absolute Gasteiger partial charge is 0.459 e. The van der Waals surface area contributed by atoms with Crippen LogP contribution in [0.1, 0.15) is 13.3 Å². The van der Waals surface area contributed by atoms with E-state index in [4.69, 9.17) is 0 Å². The minimum atomic E-state index is -6.43. The minimum Gasteiger partial charge on any atom is -0.463 e. The van der Waals surface area contributed by atoms with Gasteiger partial charge in [-0.15, -0.1) is 0 Å². The first-order valence-electron chi connectivity index (χ1n) is 4.54. The molecule has 0 rings (SSSR count). The van der Waals surface area contributed by atoms with Crippen molar-refractivity contribution in [3.63, 3.8) is 0 Å². The van der Waals surface area contributed by atoms with E-state index < -0.39 is 36.0 Å². The van der Waals surface area contributed by atoms with E-state index in [1.165, 1.54) is 6.92 Å². The number of hydrogen-bond acceptors (Lipinski definition) is 2. The van der Waals surface area contributed by atoms with Crippen molar-refractivity contribution in [2.24, 2.45) is 0 Å². The summed E-state index contributed by atoms with van der Waals surface area (Å²) < 4.78 is 89.9. The molecule has 18 heavy (non-hydrogen) atoms. The summed E-state index contributed by atoms with van der Waals surface area (Å²) in [5.74, 6) is -13.2. The fourth-order valence-corrected chi connectivity index (χ4v) is 0.892.